The minimum absolute atomic E-state index is 0.0666. The van der Waals surface area contributed by atoms with Gasteiger partial charge >= 0.3 is 0 Å². The van der Waals surface area contributed by atoms with Crippen LogP contribution in [0.25, 0.3) is 11.3 Å². The van der Waals surface area contributed by atoms with Crippen LogP contribution in [0.3, 0.4) is 0 Å². The molecule has 2 fully saturated rings. The second-order valence-electron chi connectivity index (χ2n) is 7.15. The molecular formula is C20H25N3O4. The number of morpholine rings is 1. The molecule has 0 bridgehead atoms. The van der Waals surface area contributed by atoms with E-state index in [4.69, 9.17) is 9.26 Å². The summed E-state index contributed by atoms with van der Waals surface area (Å²) in [6.07, 6.45) is 2.75. The van der Waals surface area contributed by atoms with Crippen LogP contribution in [-0.2, 0) is 4.74 Å². The van der Waals surface area contributed by atoms with Crippen LogP contribution in [0.5, 0.6) is 0 Å². The van der Waals surface area contributed by atoms with Crippen molar-refractivity contribution in [1.82, 2.24) is 10.5 Å². The fourth-order valence-electron chi connectivity index (χ4n) is 3.74. The number of ether oxygens (including phenoxy) is 1. The summed E-state index contributed by atoms with van der Waals surface area (Å²) in [6.45, 7) is 2.57. The molecule has 0 radical (unpaired) electrons. The summed E-state index contributed by atoms with van der Waals surface area (Å²) < 4.78 is 11.0. The molecule has 27 heavy (non-hydrogen) atoms. The molecule has 1 saturated carbocycles. The van der Waals surface area contributed by atoms with Gasteiger partial charge in [0, 0.05) is 24.7 Å². The number of hydrogen-bond acceptors (Lipinski definition) is 6. The van der Waals surface area contributed by atoms with Crippen molar-refractivity contribution < 1.29 is 19.2 Å². The fraction of sp³-hybridized carbons (Fsp3) is 0.500. The van der Waals surface area contributed by atoms with Crippen molar-refractivity contribution >= 4 is 11.7 Å². The van der Waals surface area contributed by atoms with Gasteiger partial charge in [0.1, 0.15) is 5.56 Å². The smallest absolute Gasteiger partial charge is 0.259 e. The van der Waals surface area contributed by atoms with E-state index in [0.29, 0.717) is 43.4 Å². The number of carbonyl (C=O) groups is 1. The molecule has 4 rings (SSSR count). The van der Waals surface area contributed by atoms with Gasteiger partial charge in [0.2, 0.25) is 0 Å². The Morgan fingerprint density at radius 3 is 2.52 bits per heavy atom. The zero-order chi connectivity index (χ0) is 18.6. The lowest BCUT2D eigenvalue weighted by molar-refractivity contribution is 0.0867. The Bertz CT molecular complexity index is 763. The molecule has 1 aromatic carbocycles. The van der Waals surface area contributed by atoms with Gasteiger partial charge in [-0.2, -0.15) is 0 Å². The van der Waals surface area contributed by atoms with E-state index in [1.807, 2.05) is 35.2 Å². The average Bonchev–Trinajstić information content (AvgIpc) is 3.16. The van der Waals surface area contributed by atoms with E-state index in [2.05, 4.69) is 10.5 Å². The Labute approximate surface area is 158 Å². The highest BCUT2D eigenvalue weighted by Gasteiger charge is 2.30. The first-order chi connectivity index (χ1) is 13.2. The summed E-state index contributed by atoms with van der Waals surface area (Å²) in [5.41, 5.74) is 1.31. The molecule has 2 N–H and O–H groups in total. The van der Waals surface area contributed by atoms with Crippen molar-refractivity contribution in [3.8, 4) is 11.3 Å². The maximum absolute atomic E-state index is 13.2. The number of hydrogen-bond donors (Lipinski definition) is 2. The van der Waals surface area contributed by atoms with E-state index >= 15 is 0 Å². The molecule has 1 amide bonds. The highest BCUT2D eigenvalue weighted by atomic mass is 16.5. The van der Waals surface area contributed by atoms with Crippen molar-refractivity contribution in [3.05, 3.63) is 35.9 Å². The summed E-state index contributed by atoms with van der Waals surface area (Å²) in [7, 11) is 0. The number of carbonyl (C=O) groups excluding carboxylic acids is 1. The molecule has 144 valence electrons. The lowest BCUT2D eigenvalue weighted by Gasteiger charge is -2.28. The predicted molar refractivity (Wildman–Crippen MR) is 101 cm³/mol. The first kappa shape index (κ1) is 18.0. The minimum atomic E-state index is -0.252. The molecule has 7 heteroatoms. The number of nitrogens with zero attached hydrogens (tertiary/aromatic N) is 2. The number of benzene rings is 1. The van der Waals surface area contributed by atoms with Crippen LogP contribution in [-0.4, -0.2) is 54.6 Å². The number of aliphatic hydroxyl groups is 1. The third-order valence-corrected chi connectivity index (χ3v) is 5.28. The second kappa shape index (κ2) is 8.10. The van der Waals surface area contributed by atoms with E-state index in [9.17, 15) is 9.90 Å². The molecule has 7 nitrogen and oxygen atoms in total. The Kier molecular flexibility index (Phi) is 5.40. The van der Waals surface area contributed by atoms with Gasteiger partial charge in [0.05, 0.1) is 19.3 Å². The van der Waals surface area contributed by atoms with Gasteiger partial charge in [-0.3, -0.25) is 4.79 Å². The zero-order valence-corrected chi connectivity index (χ0v) is 15.3. The monoisotopic (exact) mass is 371 g/mol. The molecule has 0 atom stereocenters. The first-order valence-electron chi connectivity index (χ1n) is 9.59. The van der Waals surface area contributed by atoms with Crippen LogP contribution in [0, 0.1) is 0 Å². The van der Waals surface area contributed by atoms with E-state index in [1.165, 1.54) is 0 Å². The summed E-state index contributed by atoms with van der Waals surface area (Å²) in [5.74, 6) is 0.897. The largest absolute Gasteiger partial charge is 0.393 e. The summed E-state index contributed by atoms with van der Waals surface area (Å²) in [6, 6.07) is 9.65. The Morgan fingerprint density at radius 1 is 1.11 bits per heavy atom. The van der Waals surface area contributed by atoms with Crippen LogP contribution >= 0.6 is 0 Å². The number of rotatable bonds is 4. The number of anilines is 1. The van der Waals surface area contributed by atoms with Gasteiger partial charge in [-0.25, -0.2) is 0 Å². The number of amides is 1. The topological polar surface area (TPSA) is 87.8 Å². The first-order valence-corrected chi connectivity index (χ1v) is 9.59. The van der Waals surface area contributed by atoms with Crippen molar-refractivity contribution in [3.63, 3.8) is 0 Å². The highest BCUT2D eigenvalue weighted by Crippen LogP contribution is 2.32. The lowest BCUT2D eigenvalue weighted by Crippen LogP contribution is -2.41. The lowest BCUT2D eigenvalue weighted by atomic mass is 9.93. The third-order valence-electron chi connectivity index (χ3n) is 5.28. The van der Waals surface area contributed by atoms with Crippen molar-refractivity contribution in [2.24, 2.45) is 0 Å². The van der Waals surface area contributed by atoms with Gasteiger partial charge in [0.25, 0.3) is 5.91 Å². The van der Waals surface area contributed by atoms with Gasteiger partial charge in [-0.15, -0.1) is 0 Å². The molecule has 0 spiro atoms. The summed E-state index contributed by atoms with van der Waals surface area (Å²) >= 11 is 0. The maximum atomic E-state index is 13.2. The quantitative estimate of drug-likeness (QED) is 0.857. The van der Waals surface area contributed by atoms with Gasteiger partial charge in [-0.05, 0) is 25.7 Å². The number of nitrogens with one attached hydrogen (secondary N) is 1. The standard InChI is InChI=1S/C20H25N3O4/c24-16-8-6-15(7-9-16)21-20(25)17-18(14-4-2-1-3-5-14)27-22-19(17)23-10-12-26-13-11-23/h1-5,15-16,24H,6-13H2,(H,21,25). The van der Waals surface area contributed by atoms with Crippen molar-refractivity contribution in [2.75, 3.05) is 31.2 Å². The SMILES string of the molecule is O=C(NC1CCC(O)CC1)c1c(N2CCOCC2)noc1-c1ccccc1. The molecule has 2 aliphatic rings. The maximum Gasteiger partial charge on any atom is 0.259 e. The molecule has 1 aliphatic heterocycles. The van der Waals surface area contributed by atoms with Crippen LogP contribution in [0.4, 0.5) is 5.82 Å². The van der Waals surface area contributed by atoms with Crippen LogP contribution < -0.4 is 10.2 Å². The zero-order valence-electron chi connectivity index (χ0n) is 15.3. The summed E-state index contributed by atoms with van der Waals surface area (Å²) in [4.78, 5) is 15.2. The van der Waals surface area contributed by atoms with E-state index < -0.39 is 0 Å². The normalized spacial score (nSPS) is 23.2. The van der Waals surface area contributed by atoms with E-state index in [1.54, 1.807) is 0 Å². The Morgan fingerprint density at radius 2 is 1.81 bits per heavy atom. The minimum Gasteiger partial charge on any atom is -0.393 e. The third kappa shape index (κ3) is 3.99. The molecule has 1 aromatic heterocycles. The van der Waals surface area contributed by atoms with Crippen molar-refractivity contribution in [1.29, 1.82) is 0 Å². The van der Waals surface area contributed by atoms with E-state index in [-0.39, 0.29) is 18.1 Å². The Balaban J connectivity index is 1.63. The average molecular weight is 371 g/mol. The fourth-order valence-corrected chi connectivity index (χ4v) is 3.74. The number of aromatic nitrogens is 1. The summed E-state index contributed by atoms with van der Waals surface area (Å²) in [5, 5.41) is 17.1. The second-order valence-corrected chi connectivity index (χ2v) is 7.15. The predicted octanol–water partition coefficient (Wildman–Crippen LogP) is 2.21. The highest BCUT2D eigenvalue weighted by molar-refractivity contribution is 6.04. The Hall–Kier alpha value is -2.38. The van der Waals surface area contributed by atoms with Crippen LogP contribution in [0.1, 0.15) is 36.0 Å². The molecular weight excluding hydrogens is 346 g/mol. The van der Waals surface area contributed by atoms with Crippen molar-refractivity contribution in [2.45, 2.75) is 37.8 Å². The van der Waals surface area contributed by atoms with Crippen LogP contribution in [0.2, 0.25) is 0 Å². The van der Waals surface area contributed by atoms with Gasteiger partial charge in [-0.1, -0.05) is 35.5 Å². The molecule has 1 aliphatic carbocycles. The van der Waals surface area contributed by atoms with Gasteiger partial charge < -0.3 is 24.6 Å². The molecule has 2 aromatic rings. The molecule has 0 unspecified atom stereocenters. The molecule has 2 heterocycles. The van der Waals surface area contributed by atoms with E-state index in [0.717, 1.165) is 31.2 Å². The number of aliphatic hydroxyl groups excluding tert-OH is 1. The van der Waals surface area contributed by atoms with Crippen LogP contribution in [0.15, 0.2) is 34.9 Å². The van der Waals surface area contributed by atoms with Gasteiger partial charge in [0.15, 0.2) is 11.6 Å². The molecule has 1 saturated heterocycles.